The number of halogens is 1. The Balaban J connectivity index is 2.07. The molecular weight excluding hydrogens is 280 g/mol. The van der Waals surface area contributed by atoms with Gasteiger partial charge in [-0.3, -0.25) is 0 Å². The van der Waals surface area contributed by atoms with E-state index >= 15 is 0 Å². The van der Waals surface area contributed by atoms with Crippen molar-refractivity contribution in [2.75, 3.05) is 25.2 Å². The molecule has 3 rings (SSSR count). The van der Waals surface area contributed by atoms with Gasteiger partial charge < -0.3 is 14.4 Å². The first-order valence-electron chi connectivity index (χ1n) is 6.23. The molecule has 0 spiro atoms. The topological polar surface area (TPSA) is 60.4 Å². The van der Waals surface area contributed by atoms with E-state index in [1.54, 1.807) is 0 Å². The minimum atomic E-state index is 0.106. The van der Waals surface area contributed by atoms with E-state index in [0.29, 0.717) is 12.6 Å². The number of benzene rings is 1. The van der Waals surface area contributed by atoms with Gasteiger partial charge in [-0.1, -0.05) is 12.1 Å². The van der Waals surface area contributed by atoms with E-state index in [1.165, 1.54) is 7.11 Å². The number of fused-ring (bicyclic) bond motifs is 1. The van der Waals surface area contributed by atoms with Crippen LogP contribution >= 0.6 is 11.6 Å². The summed E-state index contributed by atoms with van der Waals surface area (Å²) in [7, 11) is 1.49. The minimum Gasteiger partial charge on any atom is -0.491 e. The van der Waals surface area contributed by atoms with Crippen molar-refractivity contribution in [2.24, 2.45) is 0 Å². The third-order valence-electron chi connectivity index (χ3n) is 2.94. The smallest absolute Gasteiger partial charge is 0.322 e. The fraction of sp³-hybridized carbons (Fsp3) is 0.308. The first kappa shape index (κ1) is 12.9. The SMILES string of the molecule is COc1nc(Cl)nc(N2CCCOc3ccccc32)n1. The molecule has 6 nitrogen and oxygen atoms in total. The lowest BCUT2D eigenvalue weighted by atomic mass is 10.2. The van der Waals surface area contributed by atoms with Crippen molar-refractivity contribution in [2.45, 2.75) is 6.42 Å². The lowest BCUT2D eigenvalue weighted by Crippen LogP contribution is -2.20. The van der Waals surface area contributed by atoms with Crippen LogP contribution in [-0.2, 0) is 0 Å². The molecular formula is C13H13ClN4O2. The Morgan fingerprint density at radius 1 is 1.25 bits per heavy atom. The third kappa shape index (κ3) is 2.46. The Bertz CT molecular complexity index is 623. The summed E-state index contributed by atoms with van der Waals surface area (Å²) in [4.78, 5) is 14.3. The van der Waals surface area contributed by atoms with Crippen LogP contribution in [0.3, 0.4) is 0 Å². The molecule has 0 aliphatic carbocycles. The molecule has 0 N–H and O–H groups in total. The Labute approximate surface area is 121 Å². The van der Waals surface area contributed by atoms with E-state index in [0.717, 1.165) is 24.4 Å². The standard InChI is InChI=1S/C13H13ClN4O2/c1-19-13-16-11(14)15-12(17-13)18-7-4-8-20-10-6-3-2-5-9(10)18/h2-3,5-6H,4,7-8H2,1H3. The van der Waals surface area contributed by atoms with Crippen LogP contribution in [0, 0.1) is 0 Å². The highest BCUT2D eigenvalue weighted by atomic mass is 35.5. The molecule has 1 aromatic heterocycles. The van der Waals surface area contributed by atoms with Crippen molar-refractivity contribution in [3.05, 3.63) is 29.5 Å². The highest BCUT2D eigenvalue weighted by Gasteiger charge is 2.21. The average molecular weight is 293 g/mol. The van der Waals surface area contributed by atoms with Gasteiger partial charge in [-0.25, -0.2) is 0 Å². The summed E-state index contributed by atoms with van der Waals surface area (Å²) >= 11 is 5.92. The van der Waals surface area contributed by atoms with Crippen LogP contribution in [0.15, 0.2) is 24.3 Å². The Kier molecular flexibility index (Phi) is 3.56. The van der Waals surface area contributed by atoms with Gasteiger partial charge in [0.05, 0.1) is 19.4 Å². The van der Waals surface area contributed by atoms with E-state index in [1.807, 2.05) is 29.2 Å². The normalized spacial score (nSPS) is 14.2. The molecule has 0 saturated carbocycles. The summed E-state index contributed by atoms with van der Waals surface area (Å²) in [5.74, 6) is 1.26. The largest absolute Gasteiger partial charge is 0.491 e. The van der Waals surface area contributed by atoms with Crippen molar-refractivity contribution in [3.8, 4) is 11.8 Å². The van der Waals surface area contributed by atoms with Crippen LogP contribution in [0.2, 0.25) is 5.28 Å². The van der Waals surface area contributed by atoms with E-state index in [2.05, 4.69) is 15.0 Å². The van der Waals surface area contributed by atoms with Crippen LogP contribution in [0.5, 0.6) is 11.8 Å². The summed E-state index contributed by atoms with van der Waals surface area (Å²) in [5.41, 5.74) is 0.911. The fourth-order valence-corrected chi connectivity index (χ4v) is 2.22. The lowest BCUT2D eigenvalue weighted by molar-refractivity contribution is 0.322. The Morgan fingerprint density at radius 3 is 2.95 bits per heavy atom. The zero-order valence-corrected chi connectivity index (χ0v) is 11.7. The van der Waals surface area contributed by atoms with Gasteiger partial charge in [-0.2, -0.15) is 15.0 Å². The van der Waals surface area contributed by atoms with E-state index < -0.39 is 0 Å². The molecule has 1 aromatic carbocycles. The summed E-state index contributed by atoms with van der Waals surface area (Å²) in [6.07, 6.45) is 0.861. The summed E-state index contributed by atoms with van der Waals surface area (Å²) < 4.78 is 10.8. The molecule has 2 aromatic rings. The second-order valence-electron chi connectivity index (χ2n) is 4.21. The van der Waals surface area contributed by atoms with Crippen LogP contribution in [0.25, 0.3) is 0 Å². The molecule has 0 atom stereocenters. The van der Waals surface area contributed by atoms with Crippen molar-refractivity contribution < 1.29 is 9.47 Å². The van der Waals surface area contributed by atoms with Crippen LogP contribution in [0.1, 0.15) is 6.42 Å². The molecule has 20 heavy (non-hydrogen) atoms. The molecule has 1 aliphatic rings. The van der Waals surface area contributed by atoms with Gasteiger partial charge in [0.2, 0.25) is 11.2 Å². The molecule has 0 bridgehead atoms. The van der Waals surface area contributed by atoms with E-state index in [4.69, 9.17) is 21.1 Å². The predicted molar refractivity (Wildman–Crippen MR) is 74.9 cm³/mol. The zero-order chi connectivity index (χ0) is 13.9. The van der Waals surface area contributed by atoms with Crippen LogP contribution in [-0.4, -0.2) is 35.2 Å². The van der Waals surface area contributed by atoms with Crippen LogP contribution in [0.4, 0.5) is 11.6 Å². The molecule has 2 heterocycles. The van der Waals surface area contributed by atoms with E-state index in [-0.39, 0.29) is 11.3 Å². The zero-order valence-electron chi connectivity index (χ0n) is 10.9. The molecule has 0 fully saturated rings. The summed E-state index contributed by atoms with van der Waals surface area (Å²) in [6, 6.07) is 7.96. The lowest BCUT2D eigenvalue weighted by Gasteiger charge is -2.21. The first-order chi connectivity index (χ1) is 9.78. The van der Waals surface area contributed by atoms with Gasteiger partial charge in [0.1, 0.15) is 5.75 Å². The van der Waals surface area contributed by atoms with Crippen molar-refractivity contribution in [1.29, 1.82) is 0 Å². The highest BCUT2D eigenvalue weighted by molar-refractivity contribution is 6.28. The number of hydrogen-bond acceptors (Lipinski definition) is 6. The first-order valence-corrected chi connectivity index (χ1v) is 6.60. The van der Waals surface area contributed by atoms with Crippen molar-refractivity contribution in [3.63, 3.8) is 0 Å². The number of methoxy groups -OCH3 is 1. The quantitative estimate of drug-likeness (QED) is 0.847. The van der Waals surface area contributed by atoms with Crippen molar-refractivity contribution >= 4 is 23.2 Å². The van der Waals surface area contributed by atoms with Crippen molar-refractivity contribution in [1.82, 2.24) is 15.0 Å². The van der Waals surface area contributed by atoms with Gasteiger partial charge in [0.15, 0.2) is 0 Å². The third-order valence-corrected chi connectivity index (χ3v) is 3.11. The predicted octanol–water partition coefficient (Wildman–Crippen LogP) is 2.45. The van der Waals surface area contributed by atoms with Gasteiger partial charge in [-0.05, 0) is 30.2 Å². The minimum absolute atomic E-state index is 0.106. The molecule has 104 valence electrons. The Hall–Kier alpha value is -2.08. The maximum atomic E-state index is 5.92. The van der Waals surface area contributed by atoms with E-state index in [9.17, 15) is 0 Å². The molecule has 0 amide bonds. The second-order valence-corrected chi connectivity index (χ2v) is 4.55. The van der Waals surface area contributed by atoms with Gasteiger partial charge >= 0.3 is 6.01 Å². The summed E-state index contributed by atoms with van der Waals surface area (Å²) in [6.45, 7) is 1.39. The number of hydrogen-bond donors (Lipinski definition) is 0. The average Bonchev–Trinajstić information content (AvgIpc) is 2.69. The number of ether oxygens (including phenoxy) is 2. The number of aromatic nitrogens is 3. The molecule has 1 aliphatic heterocycles. The maximum Gasteiger partial charge on any atom is 0.322 e. The number of nitrogens with zero attached hydrogens (tertiary/aromatic N) is 4. The van der Waals surface area contributed by atoms with Gasteiger partial charge in [0, 0.05) is 6.54 Å². The molecule has 0 radical (unpaired) electrons. The summed E-state index contributed by atoms with van der Waals surface area (Å²) in [5, 5.41) is 0.106. The molecule has 7 heteroatoms. The number of rotatable bonds is 2. The number of para-hydroxylation sites is 2. The molecule has 0 unspecified atom stereocenters. The molecule has 0 saturated heterocycles. The van der Waals surface area contributed by atoms with Gasteiger partial charge in [-0.15, -0.1) is 0 Å². The fourth-order valence-electron chi connectivity index (χ4n) is 2.07. The Morgan fingerprint density at radius 2 is 2.10 bits per heavy atom. The van der Waals surface area contributed by atoms with Gasteiger partial charge in [0.25, 0.3) is 0 Å². The maximum absolute atomic E-state index is 5.92. The number of anilines is 2. The second kappa shape index (κ2) is 5.50. The monoisotopic (exact) mass is 292 g/mol. The highest BCUT2D eigenvalue weighted by Crippen LogP contribution is 2.34. The van der Waals surface area contributed by atoms with Crippen LogP contribution < -0.4 is 14.4 Å².